The third-order valence-electron chi connectivity index (χ3n) is 3.92. The Kier molecular flexibility index (Phi) is 4.26. The van der Waals surface area contributed by atoms with Crippen LogP contribution in [0, 0.1) is 17.6 Å². The molecule has 0 aliphatic carbocycles. The van der Waals surface area contributed by atoms with Crippen molar-refractivity contribution in [2.24, 2.45) is 5.92 Å². The van der Waals surface area contributed by atoms with Crippen LogP contribution in [0.15, 0.2) is 12.1 Å². The number of anilines is 1. The zero-order chi connectivity index (χ0) is 14.9. The summed E-state index contributed by atoms with van der Waals surface area (Å²) in [6.45, 7) is 4.69. The van der Waals surface area contributed by atoms with Crippen LogP contribution in [-0.4, -0.2) is 30.4 Å². The maximum absolute atomic E-state index is 13.7. The Labute approximate surface area is 118 Å². The number of halogens is 2. The van der Waals surface area contributed by atoms with E-state index in [1.165, 1.54) is 7.05 Å². The largest absolute Gasteiger partial charge is 0.383 e. The first-order valence-electron chi connectivity index (χ1n) is 6.91. The fraction of sp³-hybridized carbons (Fsp3) is 0.533. The van der Waals surface area contributed by atoms with Crippen molar-refractivity contribution in [1.29, 1.82) is 0 Å². The highest BCUT2D eigenvalue weighted by Gasteiger charge is 2.28. The highest BCUT2D eigenvalue weighted by Crippen LogP contribution is 2.25. The van der Waals surface area contributed by atoms with Gasteiger partial charge in [-0.15, -0.1) is 0 Å². The number of piperidine rings is 1. The van der Waals surface area contributed by atoms with Gasteiger partial charge in [-0.2, -0.15) is 0 Å². The molecular formula is C15H20F2N2O. The molecule has 3 nitrogen and oxygen atoms in total. The average Bonchev–Trinajstić information content (AvgIpc) is 2.40. The molecule has 2 atom stereocenters. The fourth-order valence-electron chi connectivity index (χ4n) is 2.67. The third-order valence-corrected chi connectivity index (χ3v) is 3.92. The molecule has 0 aromatic heterocycles. The van der Waals surface area contributed by atoms with Gasteiger partial charge in [0.2, 0.25) is 0 Å². The molecule has 1 aromatic rings. The Morgan fingerprint density at radius 2 is 1.85 bits per heavy atom. The van der Waals surface area contributed by atoms with Gasteiger partial charge in [0.25, 0.3) is 5.91 Å². The van der Waals surface area contributed by atoms with Crippen molar-refractivity contribution in [3.05, 3.63) is 29.3 Å². The van der Waals surface area contributed by atoms with Crippen LogP contribution in [0.2, 0.25) is 0 Å². The van der Waals surface area contributed by atoms with Crippen LogP contribution in [0.4, 0.5) is 14.5 Å². The van der Waals surface area contributed by atoms with Gasteiger partial charge in [0, 0.05) is 25.2 Å². The van der Waals surface area contributed by atoms with Gasteiger partial charge in [-0.1, -0.05) is 6.92 Å². The molecule has 20 heavy (non-hydrogen) atoms. The number of carbonyl (C=O) groups is 1. The van der Waals surface area contributed by atoms with E-state index in [2.05, 4.69) is 12.2 Å². The Morgan fingerprint density at radius 1 is 1.25 bits per heavy atom. The van der Waals surface area contributed by atoms with Gasteiger partial charge in [0.1, 0.15) is 17.3 Å². The number of hydrogen-bond donors (Lipinski definition) is 1. The predicted molar refractivity (Wildman–Crippen MR) is 74.8 cm³/mol. The van der Waals surface area contributed by atoms with Gasteiger partial charge in [-0.25, -0.2) is 8.78 Å². The lowest BCUT2D eigenvalue weighted by Gasteiger charge is -2.37. The van der Waals surface area contributed by atoms with Crippen LogP contribution in [0.5, 0.6) is 0 Å². The van der Waals surface area contributed by atoms with Crippen LogP contribution in [0.25, 0.3) is 0 Å². The summed E-state index contributed by atoms with van der Waals surface area (Å²) in [4.78, 5) is 14.1. The molecule has 1 saturated heterocycles. The summed E-state index contributed by atoms with van der Waals surface area (Å²) in [6.07, 6.45) is 2.00. The number of nitrogens with zero attached hydrogens (tertiary/aromatic N) is 1. The van der Waals surface area contributed by atoms with E-state index in [1.54, 1.807) is 4.90 Å². The second kappa shape index (κ2) is 5.77. The van der Waals surface area contributed by atoms with Crippen molar-refractivity contribution >= 4 is 11.6 Å². The molecule has 1 heterocycles. The minimum absolute atomic E-state index is 0.0694. The molecule has 1 aliphatic heterocycles. The summed E-state index contributed by atoms with van der Waals surface area (Å²) in [5, 5.41) is 2.45. The Balaban J connectivity index is 2.29. The molecule has 1 aliphatic rings. The fourth-order valence-corrected chi connectivity index (χ4v) is 2.67. The number of carbonyl (C=O) groups excluding carboxylic acids is 1. The van der Waals surface area contributed by atoms with E-state index in [-0.39, 0.29) is 23.2 Å². The summed E-state index contributed by atoms with van der Waals surface area (Å²) >= 11 is 0. The smallest absolute Gasteiger partial charge is 0.254 e. The Hall–Kier alpha value is -1.65. The van der Waals surface area contributed by atoms with E-state index >= 15 is 0 Å². The standard InChI is InChI=1S/C15H20F2N2O/c1-9-4-5-10(2)19(8-9)15(20)11-6-12(16)14(18-3)13(17)7-11/h6-7,9-10,18H,4-5,8H2,1-3H3. The highest BCUT2D eigenvalue weighted by atomic mass is 19.1. The lowest BCUT2D eigenvalue weighted by Crippen LogP contribution is -2.45. The molecule has 1 amide bonds. The molecule has 1 aromatic carbocycles. The maximum atomic E-state index is 13.7. The lowest BCUT2D eigenvalue weighted by atomic mass is 9.94. The van der Waals surface area contributed by atoms with Crippen LogP contribution in [-0.2, 0) is 0 Å². The molecule has 0 radical (unpaired) electrons. The van der Waals surface area contributed by atoms with Crippen LogP contribution in [0.3, 0.4) is 0 Å². The summed E-state index contributed by atoms with van der Waals surface area (Å²) < 4.78 is 27.5. The molecule has 0 spiro atoms. The molecule has 2 unspecified atom stereocenters. The maximum Gasteiger partial charge on any atom is 0.254 e. The van der Waals surface area contributed by atoms with Gasteiger partial charge in [-0.05, 0) is 37.8 Å². The van der Waals surface area contributed by atoms with Crippen LogP contribution in [0.1, 0.15) is 37.0 Å². The van der Waals surface area contributed by atoms with Crippen molar-refractivity contribution in [3.63, 3.8) is 0 Å². The molecule has 5 heteroatoms. The minimum atomic E-state index is -0.742. The molecule has 1 N–H and O–H groups in total. The van der Waals surface area contributed by atoms with Gasteiger partial charge < -0.3 is 10.2 Å². The van der Waals surface area contributed by atoms with Crippen molar-refractivity contribution in [1.82, 2.24) is 4.90 Å². The molecule has 0 saturated carbocycles. The molecule has 1 fully saturated rings. The molecular weight excluding hydrogens is 262 g/mol. The van der Waals surface area contributed by atoms with Gasteiger partial charge >= 0.3 is 0 Å². The second-order valence-corrected chi connectivity index (χ2v) is 5.55. The number of benzene rings is 1. The van der Waals surface area contributed by atoms with E-state index in [9.17, 15) is 13.6 Å². The third kappa shape index (κ3) is 2.76. The van der Waals surface area contributed by atoms with Crippen molar-refractivity contribution in [3.8, 4) is 0 Å². The van der Waals surface area contributed by atoms with Gasteiger partial charge in [0.15, 0.2) is 0 Å². The summed E-state index contributed by atoms with van der Waals surface area (Å²) in [7, 11) is 1.44. The van der Waals surface area contributed by atoms with Gasteiger partial charge in [-0.3, -0.25) is 4.79 Å². The number of amides is 1. The van der Waals surface area contributed by atoms with Gasteiger partial charge in [0.05, 0.1) is 0 Å². The molecule has 2 rings (SSSR count). The van der Waals surface area contributed by atoms with E-state index in [0.717, 1.165) is 25.0 Å². The Bertz CT molecular complexity index is 496. The Morgan fingerprint density at radius 3 is 2.40 bits per heavy atom. The summed E-state index contributed by atoms with van der Waals surface area (Å²) in [6, 6.07) is 2.31. The topological polar surface area (TPSA) is 32.3 Å². The zero-order valence-corrected chi connectivity index (χ0v) is 12.0. The number of hydrogen-bond acceptors (Lipinski definition) is 2. The lowest BCUT2D eigenvalue weighted by molar-refractivity contribution is 0.0573. The number of rotatable bonds is 2. The quantitative estimate of drug-likeness (QED) is 0.903. The monoisotopic (exact) mass is 282 g/mol. The number of nitrogens with one attached hydrogen (secondary N) is 1. The van der Waals surface area contributed by atoms with Crippen LogP contribution >= 0.6 is 0 Å². The van der Waals surface area contributed by atoms with Crippen LogP contribution < -0.4 is 5.32 Å². The van der Waals surface area contributed by atoms with E-state index < -0.39 is 11.6 Å². The SMILES string of the molecule is CNc1c(F)cc(C(=O)N2CC(C)CCC2C)cc1F. The van der Waals surface area contributed by atoms with E-state index in [1.807, 2.05) is 6.92 Å². The summed E-state index contributed by atoms with van der Waals surface area (Å²) in [5.41, 5.74) is -0.137. The zero-order valence-electron chi connectivity index (χ0n) is 12.0. The normalized spacial score (nSPS) is 22.8. The highest BCUT2D eigenvalue weighted by molar-refractivity contribution is 5.95. The summed E-state index contributed by atoms with van der Waals surface area (Å²) in [5.74, 6) is -1.37. The van der Waals surface area contributed by atoms with Crippen molar-refractivity contribution in [2.75, 3.05) is 18.9 Å². The van der Waals surface area contributed by atoms with E-state index in [4.69, 9.17) is 0 Å². The predicted octanol–water partition coefficient (Wildman–Crippen LogP) is 3.27. The second-order valence-electron chi connectivity index (χ2n) is 5.55. The molecule has 110 valence electrons. The first-order valence-corrected chi connectivity index (χ1v) is 6.91. The van der Waals surface area contributed by atoms with Crippen molar-refractivity contribution in [2.45, 2.75) is 32.7 Å². The number of likely N-dealkylation sites (tertiary alicyclic amines) is 1. The first kappa shape index (κ1) is 14.8. The van der Waals surface area contributed by atoms with E-state index in [0.29, 0.717) is 12.5 Å². The first-order chi connectivity index (χ1) is 9.43. The average molecular weight is 282 g/mol. The molecule has 0 bridgehead atoms. The van der Waals surface area contributed by atoms with Crippen molar-refractivity contribution < 1.29 is 13.6 Å². The minimum Gasteiger partial charge on any atom is -0.383 e.